The second-order valence-corrected chi connectivity index (χ2v) is 19.1. The first-order chi connectivity index (χ1) is 12.4. The first kappa shape index (κ1) is 28.3. The maximum atomic E-state index is 6.66. The van der Waals surface area contributed by atoms with E-state index in [1.54, 1.807) is 0 Å². The Morgan fingerprint density at radius 2 is 0.643 bits per heavy atom. The van der Waals surface area contributed by atoms with E-state index in [1.165, 1.54) is 0 Å². The van der Waals surface area contributed by atoms with Crippen molar-refractivity contribution in [2.45, 2.75) is 144 Å². The summed E-state index contributed by atoms with van der Waals surface area (Å²) in [7, 11) is -5.08. The van der Waals surface area contributed by atoms with Gasteiger partial charge < -0.3 is 17.7 Å². The third kappa shape index (κ3) is 8.19. The molecule has 0 aliphatic rings. The van der Waals surface area contributed by atoms with Gasteiger partial charge in [0, 0.05) is 34.5 Å². The van der Waals surface area contributed by atoms with Crippen LogP contribution in [0, 0.1) is 0 Å². The fraction of sp³-hybridized carbons (Fsp3) is 1.00. The predicted octanol–water partition coefficient (Wildman–Crippen LogP) is 7.17. The summed E-state index contributed by atoms with van der Waals surface area (Å²) >= 11 is 0. The maximum Gasteiger partial charge on any atom is 0.344 e. The molecule has 28 heavy (non-hydrogen) atoms. The molecule has 0 fully saturated rings. The first-order valence-corrected chi connectivity index (χ1v) is 15.1. The zero-order valence-electron chi connectivity index (χ0n) is 21.4. The van der Waals surface area contributed by atoms with Crippen LogP contribution < -0.4 is 0 Å². The van der Waals surface area contributed by atoms with Gasteiger partial charge in [-0.1, -0.05) is 41.5 Å². The number of hydrogen-bond acceptors (Lipinski definition) is 4. The first-order valence-electron chi connectivity index (χ1n) is 11.1. The molecule has 0 aliphatic carbocycles. The van der Waals surface area contributed by atoms with Crippen LogP contribution >= 0.6 is 0 Å². The van der Waals surface area contributed by atoms with Gasteiger partial charge in [-0.15, -0.1) is 0 Å². The van der Waals surface area contributed by atoms with Crippen molar-refractivity contribution in [3.05, 3.63) is 0 Å². The van der Waals surface area contributed by atoms with Crippen LogP contribution in [0.3, 0.4) is 0 Å². The minimum atomic E-state index is -2.54. The van der Waals surface area contributed by atoms with Crippen LogP contribution in [0.2, 0.25) is 22.2 Å². The van der Waals surface area contributed by atoms with Crippen molar-refractivity contribution in [1.29, 1.82) is 0 Å². The van der Waals surface area contributed by atoms with Gasteiger partial charge in [0.25, 0.3) is 0 Å². The SMILES string of the molecule is CC(C)O[Si](CC[Si](OC(C)C)(OC(C)C)C(C)(C)C)(OC(C)C)C(C)(C)C. The third-order valence-electron chi connectivity index (χ3n) is 4.77. The van der Waals surface area contributed by atoms with Crippen LogP contribution in [0.1, 0.15) is 96.9 Å². The summed E-state index contributed by atoms with van der Waals surface area (Å²) in [6, 6.07) is 1.77. The molecule has 0 unspecified atom stereocenters. The van der Waals surface area contributed by atoms with Crippen molar-refractivity contribution in [3.8, 4) is 0 Å². The second-order valence-electron chi connectivity index (χ2n) is 11.2. The topological polar surface area (TPSA) is 36.9 Å². The van der Waals surface area contributed by atoms with Gasteiger partial charge in [-0.05, 0) is 67.5 Å². The Labute approximate surface area is 178 Å². The fourth-order valence-corrected chi connectivity index (χ4v) is 12.8. The van der Waals surface area contributed by atoms with E-state index in [2.05, 4.69) is 96.9 Å². The summed E-state index contributed by atoms with van der Waals surface area (Å²) < 4.78 is 26.6. The highest BCUT2D eigenvalue weighted by atomic mass is 28.4. The van der Waals surface area contributed by atoms with Crippen LogP contribution in [0.15, 0.2) is 0 Å². The van der Waals surface area contributed by atoms with Gasteiger partial charge in [0.15, 0.2) is 0 Å². The molecule has 0 heterocycles. The van der Waals surface area contributed by atoms with E-state index in [1.807, 2.05) is 0 Å². The molecule has 0 N–H and O–H groups in total. The minimum absolute atomic E-state index is 0.0464. The van der Waals surface area contributed by atoms with Gasteiger partial charge in [-0.2, -0.15) is 0 Å². The summed E-state index contributed by atoms with van der Waals surface area (Å²) in [6.07, 6.45) is 0.527. The molecule has 0 radical (unpaired) electrons. The highest BCUT2D eigenvalue weighted by molar-refractivity contribution is 6.76. The summed E-state index contributed by atoms with van der Waals surface area (Å²) in [5, 5.41) is -0.0928. The molecule has 0 spiro atoms. The summed E-state index contributed by atoms with van der Waals surface area (Å²) in [5.41, 5.74) is 0. The van der Waals surface area contributed by atoms with Crippen molar-refractivity contribution >= 4 is 17.1 Å². The van der Waals surface area contributed by atoms with E-state index in [9.17, 15) is 0 Å². The largest absolute Gasteiger partial charge is 0.391 e. The molecule has 0 aromatic heterocycles. The summed E-state index contributed by atoms with van der Waals surface area (Å²) in [6.45, 7) is 30.5. The van der Waals surface area contributed by atoms with Gasteiger partial charge in [0.2, 0.25) is 0 Å². The Hall–Kier alpha value is 0.274. The lowest BCUT2D eigenvalue weighted by molar-refractivity contribution is 0.0777. The molecule has 0 saturated heterocycles. The lowest BCUT2D eigenvalue weighted by Crippen LogP contribution is -2.58. The molecule has 0 aromatic rings. The van der Waals surface area contributed by atoms with Crippen molar-refractivity contribution in [2.75, 3.05) is 0 Å². The normalized spacial score (nSPS) is 14.8. The highest BCUT2D eigenvalue weighted by Gasteiger charge is 2.56. The number of hydrogen-bond donors (Lipinski definition) is 0. The Balaban J connectivity index is 6.15. The van der Waals surface area contributed by atoms with E-state index in [-0.39, 0.29) is 34.5 Å². The van der Waals surface area contributed by atoms with Crippen LogP contribution in [0.4, 0.5) is 0 Å². The molecule has 4 nitrogen and oxygen atoms in total. The van der Waals surface area contributed by atoms with E-state index in [0.29, 0.717) is 0 Å². The zero-order valence-corrected chi connectivity index (χ0v) is 23.4. The van der Waals surface area contributed by atoms with Crippen molar-refractivity contribution in [1.82, 2.24) is 0 Å². The molecule has 0 bridgehead atoms. The highest BCUT2D eigenvalue weighted by Crippen LogP contribution is 2.48. The second kappa shape index (κ2) is 10.5. The zero-order chi connectivity index (χ0) is 22.6. The predicted molar refractivity (Wildman–Crippen MR) is 125 cm³/mol. The van der Waals surface area contributed by atoms with E-state index >= 15 is 0 Å². The molecule has 0 rings (SSSR count). The monoisotopic (exact) mass is 434 g/mol. The van der Waals surface area contributed by atoms with E-state index in [0.717, 1.165) is 12.1 Å². The molecule has 0 atom stereocenters. The molecule has 0 saturated carbocycles. The van der Waals surface area contributed by atoms with Gasteiger partial charge in [0.1, 0.15) is 0 Å². The fourth-order valence-electron chi connectivity index (χ4n) is 3.60. The Morgan fingerprint density at radius 3 is 0.750 bits per heavy atom. The van der Waals surface area contributed by atoms with E-state index < -0.39 is 17.1 Å². The molecular formula is C22H50O4Si2. The summed E-state index contributed by atoms with van der Waals surface area (Å²) in [4.78, 5) is 0. The average Bonchev–Trinajstić information content (AvgIpc) is 2.39. The van der Waals surface area contributed by atoms with Crippen molar-refractivity contribution in [3.63, 3.8) is 0 Å². The quantitative estimate of drug-likeness (QED) is 0.323. The molecular weight excluding hydrogens is 384 g/mol. The number of rotatable bonds is 11. The van der Waals surface area contributed by atoms with Crippen molar-refractivity contribution < 1.29 is 17.7 Å². The average molecular weight is 435 g/mol. The Bertz CT molecular complexity index is 386. The van der Waals surface area contributed by atoms with Crippen LogP contribution in [0.25, 0.3) is 0 Å². The van der Waals surface area contributed by atoms with Crippen molar-refractivity contribution in [2.24, 2.45) is 0 Å². The summed E-state index contributed by atoms with van der Waals surface area (Å²) in [5.74, 6) is 0. The maximum absolute atomic E-state index is 6.66. The van der Waals surface area contributed by atoms with Crippen LogP contribution in [-0.2, 0) is 17.7 Å². The van der Waals surface area contributed by atoms with Crippen LogP contribution in [-0.4, -0.2) is 41.5 Å². The van der Waals surface area contributed by atoms with Gasteiger partial charge in [0.05, 0.1) is 0 Å². The molecule has 6 heteroatoms. The third-order valence-corrected chi connectivity index (χ3v) is 15.1. The molecule has 0 aromatic carbocycles. The lowest BCUT2D eigenvalue weighted by Gasteiger charge is -2.48. The van der Waals surface area contributed by atoms with Gasteiger partial charge in [-0.3, -0.25) is 0 Å². The molecule has 170 valence electrons. The molecule has 0 aliphatic heterocycles. The minimum Gasteiger partial charge on any atom is -0.391 e. The Kier molecular flexibility index (Phi) is 10.6. The van der Waals surface area contributed by atoms with Crippen LogP contribution in [0.5, 0.6) is 0 Å². The van der Waals surface area contributed by atoms with Gasteiger partial charge in [-0.25, -0.2) is 0 Å². The smallest absolute Gasteiger partial charge is 0.344 e. The Morgan fingerprint density at radius 1 is 0.464 bits per heavy atom. The lowest BCUT2D eigenvalue weighted by atomic mass is 10.2. The van der Waals surface area contributed by atoms with Gasteiger partial charge >= 0.3 is 17.1 Å². The molecule has 0 amide bonds. The van der Waals surface area contributed by atoms with E-state index in [4.69, 9.17) is 17.7 Å². The standard InChI is InChI=1S/C22H50O4Si2/c1-17(2)23-27(21(9,10)11,24-18(3)4)15-16-28(22(12,13)14,25-19(5)6)26-20(7)8/h17-20H,15-16H2,1-14H3.